The molecule has 1 N–H and O–H groups in total. The van der Waals surface area contributed by atoms with Crippen molar-refractivity contribution in [1.29, 1.82) is 0 Å². The molecule has 0 bridgehead atoms. The summed E-state index contributed by atoms with van der Waals surface area (Å²) in [5.41, 5.74) is 5.59. The fourth-order valence-corrected chi connectivity index (χ4v) is 3.26. The third-order valence-corrected chi connectivity index (χ3v) is 4.65. The lowest BCUT2D eigenvalue weighted by Crippen LogP contribution is -2.10. The Morgan fingerprint density at radius 2 is 1.81 bits per heavy atom. The number of hydrogen-bond donors (Lipinski definition) is 1. The number of aromatic nitrogens is 6. The summed E-state index contributed by atoms with van der Waals surface area (Å²) in [4.78, 5) is 4.75. The lowest BCUT2D eigenvalue weighted by Gasteiger charge is -2.17. The highest BCUT2D eigenvalue weighted by Gasteiger charge is 2.22. The molecule has 4 rings (SSSR count). The highest BCUT2D eigenvalue weighted by molar-refractivity contribution is 5.80. The number of imidazole rings is 1. The van der Waals surface area contributed by atoms with Crippen LogP contribution < -0.4 is 0 Å². The van der Waals surface area contributed by atoms with Crippen LogP contribution in [0.3, 0.4) is 0 Å². The van der Waals surface area contributed by atoms with E-state index in [1.807, 2.05) is 24.5 Å². The summed E-state index contributed by atoms with van der Waals surface area (Å²) in [5, 5.41) is 14.5. The minimum atomic E-state index is -0.0846. The van der Waals surface area contributed by atoms with Gasteiger partial charge in [-0.2, -0.15) is 5.21 Å². The number of nitrogens with one attached hydrogen (secondary N) is 1. The molecule has 26 heavy (non-hydrogen) atoms. The van der Waals surface area contributed by atoms with E-state index in [0.717, 1.165) is 23.4 Å². The SMILES string of the molecule is CCc1ccccc1-c1c(-c2ccccc2)ncn1[C@H](C)c1nn[nH]n1. The summed E-state index contributed by atoms with van der Waals surface area (Å²) >= 11 is 0. The number of benzene rings is 2. The first-order valence-electron chi connectivity index (χ1n) is 8.73. The summed E-state index contributed by atoms with van der Waals surface area (Å²) in [7, 11) is 0. The first-order valence-corrected chi connectivity index (χ1v) is 8.73. The van der Waals surface area contributed by atoms with E-state index in [0.29, 0.717) is 5.82 Å². The van der Waals surface area contributed by atoms with Crippen LogP contribution >= 0.6 is 0 Å². The molecular formula is C20H20N6. The Bertz CT molecular complexity index is 988. The topological polar surface area (TPSA) is 72.3 Å². The summed E-state index contributed by atoms with van der Waals surface area (Å²) in [5.74, 6) is 0.636. The molecule has 0 unspecified atom stereocenters. The molecule has 0 spiro atoms. The summed E-state index contributed by atoms with van der Waals surface area (Å²) in [6.45, 7) is 4.23. The van der Waals surface area contributed by atoms with Crippen molar-refractivity contribution in [2.45, 2.75) is 26.3 Å². The number of nitrogens with zero attached hydrogens (tertiary/aromatic N) is 5. The lowest BCUT2D eigenvalue weighted by atomic mass is 9.98. The minimum Gasteiger partial charge on any atom is -0.319 e. The van der Waals surface area contributed by atoms with Crippen molar-refractivity contribution in [1.82, 2.24) is 30.2 Å². The van der Waals surface area contributed by atoms with E-state index in [4.69, 9.17) is 4.98 Å². The molecule has 2 aromatic heterocycles. The maximum atomic E-state index is 4.75. The number of rotatable bonds is 5. The molecule has 6 heteroatoms. The first kappa shape index (κ1) is 16.2. The quantitative estimate of drug-likeness (QED) is 0.596. The molecule has 4 aromatic rings. The molecule has 0 amide bonds. The number of H-pyrrole nitrogens is 1. The highest BCUT2D eigenvalue weighted by atomic mass is 15.5. The second-order valence-electron chi connectivity index (χ2n) is 6.17. The van der Waals surface area contributed by atoms with Crippen molar-refractivity contribution in [3.05, 3.63) is 72.3 Å². The van der Waals surface area contributed by atoms with Gasteiger partial charge in [0, 0.05) is 11.1 Å². The molecule has 0 saturated carbocycles. The lowest BCUT2D eigenvalue weighted by molar-refractivity contribution is 0.605. The van der Waals surface area contributed by atoms with Gasteiger partial charge in [0.1, 0.15) is 0 Å². The average Bonchev–Trinajstić information content (AvgIpc) is 3.38. The zero-order chi connectivity index (χ0) is 17.9. The maximum Gasteiger partial charge on any atom is 0.197 e. The molecule has 0 aliphatic rings. The van der Waals surface area contributed by atoms with Crippen LogP contribution in [0.5, 0.6) is 0 Å². The third-order valence-electron chi connectivity index (χ3n) is 4.65. The van der Waals surface area contributed by atoms with Gasteiger partial charge in [0.15, 0.2) is 5.82 Å². The number of hydrogen-bond acceptors (Lipinski definition) is 4. The normalized spacial score (nSPS) is 12.2. The minimum absolute atomic E-state index is 0.0846. The van der Waals surface area contributed by atoms with Gasteiger partial charge < -0.3 is 4.57 Å². The van der Waals surface area contributed by atoms with E-state index >= 15 is 0 Å². The highest BCUT2D eigenvalue weighted by Crippen LogP contribution is 2.36. The van der Waals surface area contributed by atoms with Crippen LogP contribution in [0.1, 0.15) is 31.3 Å². The van der Waals surface area contributed by atoms with Crippen molar-refractivity contribution in [2.75, 3.05) is 0 Å². The zero-order valence-corrected chi connectivity index (χ0v) is 14.8. The summed E-state index contributed by atoms with van der Waals surface area (Å²) in [6.07, 6.45) is 2.82. The van der Waals surface area contributed by atoms with Crippen LogP contribution in [0.15, 0.2) is 60.9 Å². The zero-order valence-electron chi connectivity index (χ0n) is 14.8. The Balaban J connectivity index is 1.95. The Labute approximate surface area is 151 Å². The fourth-order valence-electron chi connectivity index (χ4n) is 3.26. The second kappa shape index (κ2) is 6.92. The molecule has 6 nitrogen and oxygen atoms in total. The predicted molar refractivity (Wildman–Crippen MR) is 100 cm³/mol. The fraction of sp³-hybridized carbons (Fsp3) is 0.200. The van der Waals surface area contributed by atoms with Gasteiger partial charge in [0.2, 0.25) is 0 Å². The molecular weight excluding hydrogens is 324 g/mol. The average molecular weight is 344 g/mol. The molecule has 0 fully saturated rings. The van der Waals surface area contributed by atoms with Crippen LogP contribution in [-0.2, 0) is 6.42 Å². The Morgan fingerprint density at radius 3 is 2.54 bits per heavy atom. The van der Waals surface area contributed by atoms with Gasteiger partial charge in [-0.3, -0.25) is 0 Å². The number of tetrazole rings is 1. The van der Waals surface area contributed by atoms with Gasteiger partial charge in [-0.25, -0.2) is 4.98 Å². The van der Waals surface area contributed by atoms with E-state index in [9.17, 15) is 0 Å². The van der Waals surface area contributed by atoms with Crippen LogP contribution in [0.4, 0.5) is 0 Å². The van der Waals surface area contributed by atoms with Crippen molar-refractivity contribution >= 4 is 0 Å². The molecule has 1 atom stereocenters. The van der Waals surface area contributed by atoms with Gasteiger partial charge in [-0.15, -0.1) is 10.2 Å². The molecule has 130 valence electrons. The predicted octanol–water partition coefficient (Wildman–Crippen LogP) is 3.90. The van der Waals surface area contributed by atoms with E-state index in [2.05, 4.69) is 75.4 Å². The van der Waals surface area contributed by atoms with E-state index < -0.39 is 0 Å². The van der Waals surface area contributed by atoms with Gasteiger partial charge in [-0.1, -0.05) is 66.7 Å². The Morgan fingerprint density at radius 1 is 1.04 bits per heavy atom. The summed E-state index contributed by atoms with van der Waals surface area (Å²) < 4.78 is 2.13. The van der Waals surface area contributed by atoms with Gasteiger partial charge in [0.05, 0.1) is 23.8 Å². The smallest absolute Gasteiger partial charge is 0.197 e. The van der Waals surface area contributed by atoms with Crippen LogP contribution in [-0.4, -0.2) is 30.2 Å². The Kier molecular flexibility index (Phi) is 4.31. The van der Waals surface area contributed by atoms with Crippen LogP contribution in [0, 0.1) is 0 Å². The largest absolute Gasteiger partial charge is 0.319 e. The molecule has 2 aromatic carbocycles. The number of aryl methyl sites for hydroxylation is 1. The third kappa shape index (κ3) is 2.79. The standard InChI is InChI=1S/C20H20N6/c1-3-15-9-7-8-12-17(15)19-18(16-10-5-4-6-11-16)21-13-26(19)14(2)20-22-24-25-23-20/h4-14H,3H2,1-2H3,(H,22,23,24,25)/t14-/m1/s1. The molecule has 2 heterocycles. The van der Waals surface area contributed by atoms with E-state index in [-0.39, 0.29) is 6.04 Å². The first-order chi connectivity index (χ1) is 12.8. The van der Waals surface area contributed by atoms with Crippen molar-refractivity contribution < 1.29 is 0 Å². The van der Waals surface area contributed by atoms with Crippen LogP contribution in [0.25, 0.3) is 22.5 Å². The van der Waals surface area contributed by atoms with Gasteiger partial charge in [0.25, 0.3) is 0 Å². The number of aromatic amines is 1. The van der Waals surface area contributed by atoms with Crippen LogP contribution in [0.2, 0.25) is 0 Å². The second-order valence-corrected chi connectivity index (χ2v) is 6.17. The monoisotopic (exact) mass is 344 g/mol. The van der Waals surface area contributed by atoms with Gasteiger partial charge >= 0.3 is 0 Å². The van der Waals surface area contributed by atoms with Crippen molar-refractivity contribution in [3.8, 4) is 22.5 Å². The van der Waals surface area contributed by atoms with E-state index in [1.165, 1.54) is 11.1 Å². The maximum absolute atomic E-state index is 4.75. The van der Waals surface area contributed by atoms with Crippen molar-refractivity contribution in [3.63, 3.8) is 0 Å². The molecule has 0 aliphatic carbocycles. The molecule has 0 radical (unpaired) electrons. The van der Waals surface area contributed by atoms with E-state index in [1.54, 1.807) is 0 Å². The van der Waals surface area contributed by atoms with Crippen molar-refractivity contribution in [2.24, 2.45) is 0 Å². The molecule has 0 aliphatic heterocycles. The summed E-state index contributed by atoms with van der Waals surface area (Å²) in [6, 6.07) is 18.6. The van der Waals surface area contributed by atoms with Gasteiger partial charge in [-0.05, 0) is 18.9 Å². The molecule has 0 saturated heterocycles. The Hall–Kier alpha value is -3.28.